The molecular formula is C14H14N2O3. The van der Waals surface area contributed by atoms with Gasteiger partial charge in [0.15, 0.2) is 0 Å². The molecule has 2 heterocycles. The Bertz CT molecular complexity index is 692. The van der Waals surface area contributed by atoms with Crippen molar-refractivity contribution in [1.29, 1.82) is 0 Å². The van der Waals surface area contributed by atoms with Crippen molar-refractivity contribution in [2.24, 2.45) is 0 Å². The van der Waals surface area contributed by atoms with Crippen molar-refractivity contribution in [2.45, 2.75) is 12.5 Å². The lowest BCUT2D eigenvalue weighted by Gasteiger charge is -2.15. The van der Waals surface area contributed by atoms with Gasteiger partial charge in [-0.05, 0) is 18.6 Å². The van der Waals surface area contributed by atoms with E-state index in [2.05, 4.69) is 4.98 Å². The van der Waals surface area contributed by atoms with Crippen LogP contribution in [0.5, 0.6) is 0 Å². The van der Waals surface area contributed by atoms with E-state index in [1.807, 2.05) is 6.07 Å². The number of aromatic nitrogens is 1. The SMILES string of the molecule is O=C(c1c[nH]c2ccccc2c1=O)N1CC[C@@H](O)C1. The number of hydrogen-bond acceptors (Lipinski definition) is 3. The molecule has 3 rings (SSSR count). The lowest BCUT2D eigenvalue weighted by Crippen LogP contribution is -2.33. The molecule has 0 aliphatic carbocycles. The second-order valence-corrected chi connectivity index (χ2v) is 4.77. The summed E-state index contributed by atoms with van der Waals surface area (Å²) >= 11 is 0. The number of hydrogen-bond donors (Lipinski definition) is 2. The highest BCUT2D eigenvalue weighted by atomic mass is 16.3. The molecule has 0 saturated carbocycles. The van der Waals surface area contributed by atoms with Gasteiger partial charge in [-0.15, -0.1) is 0 Å². The van der Waals surface area contributed by atoms with Crippen molar-refractivity contribution in [3.05, 3.63) is 46.2 Å². The normalized spacial score (nSPS) is 19.0. The molecule has 1 atom stereocenters. The summed E-state index contributed by atoms with van der Waals surface area (Å²) < 4.78 is 0. The standard InChI is InChI=1S/C14H14N2O3/c17-9-5-6-16(8-9)14(19)11-7-15-12-4-2-1-3-10(12)13(11)18/h1-4,7,9,17H,5-6,8H2,(H,15,18)/t9-/m1/s1. The number of β-amino-alcohol motifs (C(OH)–C–C–N with tert-alkyl or cyclic N) is 1. The molecule has 0 bridgehead atoms. The Hall–Kier alpha value is -2.14. The van der Waals surface area contributed by atoms with Crippen LogP contribution in [-0.2, 0) is 0 Å². The van der Waals surface area contributed by atoms with E-state index in [0.29, 0.717) is 30.4 Å². The fourth-order valence-corrected chi connectivity index (χ4v) is 2.42. The van der Waals surface area contributed by atoms with Crippen LogP contribution in [-0.4, -0.2) is 40.1 Å². The van der Waals surface area contributed by atoms with Crippen LogP contribution in [0.4, 0.5) is 0 Å². The van der Waals surface area contributed by atoms with E-state index in [9.17, 15) is 14.7 Å². The summed E-state index contributed by atoms with van der Waals surface area (Å²) in [6, 6.07) is 7.09. The molecule has 19 heavy (non-hydrogen) atoms. The van der Waals surface area contributed by atoms with Crippen LogP contribution in [0.15, 0.2) is 35.3 Å². The first-order chi connectivity index (χ1) is 9.16. The van der Waals surface area contributed by atoms with Crippen LogP contribution in [0.1, 0.15) is 16.8 Å². The van der Waals surface area contributed by atoms with Gasteiger partial charge in [0, 0.05) is 30.2 Å². The van der Waals surface area contributed by atoms with Crippen LogP contribution in [0.3, 0.4) is 0 Å². The predicted octanol–water partition coefficient (Wildman–Crippen LogP) is 0.735. The number of aliphatic hydroxyl groups is 1. The highest BCUT2D eigenvalue weighted by Crippen LogP contribution is 2.13. The third-order valence-electron chi connectivity index (χ3n) is 3.47. The second-order valence-electron chi connectivity index (χ2n) is 4.77. The third kappa shape index (κ3) is 2.02. The van der Waals surface area contributed by atoms with Gasteiger partial charge < -0.3 is 15.0 Å². The van der Waals surface area contributed by atoms with Gasteiger partial charge in [-0.3, -0.25) is 9.59 Å². The minimum absolute atomic E-state index is 0.132. The zero-order valence-corrected chi connectivity index (χ0v) is 10.3. The van der Waals surface area contributed by atoms with Gasteiger partial charge >= 0.3 is 0 Å². The van der Waals surface area contributed by atoms with Crippen molar-refractivity contribution in [1.82, 2.24) is 9.88 Å². The number of para-hydroxylation sites is 1. The van der Waals surface area contributed by atoms with Crippen molar-refractivity contribution in [3.8, 4) is 0 Å². The van der Waals surface area contributed by atoms with E-state index < -0.39 is 6.10 Å². The Morgan fingerprint density at radius 1 is 1.37 bits per heavy atom. The van der Waals surface area contributed by atoms with Crippen LogP contribution in [0.25, 0.3) is 10.9 Å². The van der Waals surface area contributed by atoms with Gasteiger partial charge in [-0.2, -0.15) is 0 Å². The van der Waals surface area contributed by atoms with Crippen LogP contribution in [0, 0.1) is 0 Å². The number of benzene rings is 1. The Labute approximate surface area is 109 Å². The zero-order chi connectivity index (χ0) is 13.4. The number of aromatic amines is 1. The summed E-state index contributed by atoms with van der Waals surface area (Å²) in [5.74, 6) is -0.316. The molecule has 98 valence electrons. The maximum absolute atomic E-state index is 12.3. The predicted molar refractivity (Wildman–Crippen MR) is 71.1 cm³/mol. The Morgan fingerprint density at radius 3 is 2.89 bits per heavy atom. The molecule has 2 aromatic rings. The highest BCUT2D eigenvalue weighted by molar-refractivity contribution is 5.97. The summed E-state index contributed by atoms with van der Waals surface area (Å²) in [5.41, 5.74) is 0.582. The van der Waals surface area contributed by atoms with Gasteiger partial charge in [0.25, 0.3) is 5.91 Å². The first kappa shape index (κ1) is 11.9. The lowest BCUT2D eigenvalue weighted by atomic mass is 10.1. The van der Waals surface area contributed by atoms with Gasteiger partial charge in [0.2, 0.25) is 5.43 Å². The molecule has 1 amide bonds. The summed E-state index contributed by atoms with van der Waals surface area (Å²) in [6.07, 6.45) is 1.54. The Morgan fingerprint density at radius 2 is 2.16 bits per heavy atom. The number of nitrogens with one attached hydrogen (secondary N) is 1. The Balaban J connectivity index is 2.04. The van der Waals surface area contributed by atoms with Crippen molar-refractivity contribution in [2.75, 3.05) is 13.1 Å². The number of carbonyl (C=O) groups excluding carboxylic acids is 1. The minimum Gasteiger partial charge on any atom is -0.391 e. The minimum atomic E-state index is -0.483. The van der Waals surface area contributed by atoms with Crippen LogP contribution in [0.2, 0.25) is 0 Å². The average molecular weight is 258 g/mol. The zero-order valence-electron chi connectivity index (χ0n) is 10.3. The van der Waals surface area contributed by atoms with Gasteiger partial charge in [-0.25, -0.2) is 0 Å². The summed E-state index contributed by atoms with van der Waals surface area (Å²) in [5, 5.41) is 9.96. The number of nitrogens with zero attached hydrogens (tertiary/aromatic N) is 1. The molecule has 1 aromatic carbocycles. The molecule has 0 spiro atoms. The van der Waals surface area contributed by atoms with E-state index >= 15 is 0 Å². The number of amides is 1. The van der Waals surface area contributed by atoms with E-state index in [1.165, 1.54) is 11.1 Å². The first-order valence-corrected chi connectivity index (χ1v) is 6.24. The molecule has 0 radical (unpaired) electrons. The number of H-pyrrole nitrogens is 1. The lowest BCUT2D eigenvalue weighted by molar-refractivity contribution is 0.0763. The molecule has 1 saturated heterocycles. The molecule has 1 aliphatic heterocycles. The summed E-state index contributed by atoms with van der Waals surface area (Å²) in [7, 11) is 0. The van der Waals surface area contributed by atoms with Crippen molar-refractivity contribution in [3.63, 3.8) is 0 Å². The maximum atomic E-state index is 12.3. The fourth-order valence-electron chi connectivity index (χ4n) is 2.42. The molecule has 1 aliphatic rings. The van der Waals surface area contributed by atoms with Gasteiger partial charge in [0.1, 0.15) is 5.56 Å². The topological polar surface area (TPSA) is 73.4 Å². The number of fused-ring (bicyclic) bond motifs is 1. The average Bonchev–Trinajstić information content (AvgIpc) is 2.85. The number of rotatable bonds is 1. The third-order valence-corrected chi connectivity index (χ3v) is 3.47. The molecule has 5 heteroatoms. The quantitative estimate of drug-likeness (QED) is 0.792. The van der Waals surface area contributed by atoms with E-state index in [4.69, 9.17) is 0 Å². The highest BCUT2D eigenvalue weighted by Gasteiger charge is 2.27. The fraction of sp³-hybridized carbons (Fsp3) is 0.286. The van der Waals surface area contributed by atoms with E-state index in [0.717, 1.165) is 0 Å². The largest absolute Gasteiger partial charge is 0.391 e. The van der Waals surface area contributed by atoms with Crippen LogP contribution < -0.4 is 5.43 Å². The molecule has 1 aromatic heterocycles. The number of carbonyl (C=O) groups is 1. The molecule has 2 N–H and O–H groups in total. The monoisotopic (exact) mass is 258 g/mol. The second kappa shape index (κ2) is 4.51. The van der Waals surface area contributed by atoms with Crippen molar-refractivity contribution < 1.29 is 9.90 Å². The molecule has 0 unspecified atom stereocenters. The van der Waals surface area contributed by atoms with E-state index in [1.54, 1.807) is 18.2 Å². The molecule has 5 nitrogen and oxygen atoms in total. The molecular weight excluding hydrogens is 244 g/mol. The Kier molecular flexibility index (Phi) is 2.83. The van der Waals surface area contributed by atoms with Crippen LogP contribution >= 0.6 is 0 Å². The van der Waals surface area contributed by atoms with E-state index in [-0.39, 0.29) is 16.9 Å². The number of aliphatic hydroxyl groups excluding tert-OH is 1. The number of pyridine rings is 1. The smallest absolute Gasteiger partial charge is 0.259 e. The summed E-state index contributed by atoms with van der Waals surface area (Å²) in [4.78, 5) is 29.0. The summed E-state index contributed by atoms with van der Waals surface area (Å²) in [6.45, 7) is 0.789. The first-order valence-electron chi connectivity index (χ1n) is 6.24. The number of likely N-dealkylation sites (tertiary alicyclic amines) is 1. The maximum Gasteiger partial charge on any atom is 0.259 e. The molecule has 1 fully saturated rings. The van der Waals surface area contributed by atoms with Gasteiger partial charge in [0.05, 0.1) is 6.10 Å². The van der Waals surface area contributed by atoms with Crippen molar-refractivity contribution >= 4 is 16.8 Å². The van der Waals surface area contributed by atoms with Gasteiger partial charge in [-0.1, -0.05) is 12.1 Å².